The molecule has 0 radical (unpaired) electrons. The summed E-state index contributed by atoms with van der Waals surface area (Å²) in [5.74, 6) is 0. The van der Waals surface area contributed by atoms with Gasteiger partial charge in [-0.25, -0.2) is 0 Å². The van der Waals surface area contributed by atoms with Crippen LogP contribution in [0, 0.1) is 10.1 Å². The topological polar surface area (TPSA) is 102 Å². The predicted octanol–water partition coefficient (Wildman–Crippen LogP) is 0.759. The summed E-state index contributed by atoms with van der Waals surface area (Å²) in [7, 11) is 0. The quantitative estimate of drug-likeness (QED) is 0.480. The number of aliphatic hydroxyl groups excluding tert-OH is 1. The van der Waals surface area contributed by atoms with Crippen LogP contribution in [-0.4, -0.2) is 46.8 Å². The van der Waals surface area contributed by atoms with Crippen molar-refractivity contribution in [1.82, 2.24) is 4.90 Å². The number of hydrogen-bond donors (Lipinski definition) is 2. The maximum atomic E-state index is 10.8. The Bertz CT molecular complexity index is 495. The normalized spacial score (nSPS) is 23.7. The van der Waals surface area contributed by atoms with Gasteiger partial charge >= 0.3 is 0 Å². The molecular weight excluding hydrogens is 262 g/mol. The van der Waals surface area contributed by atoms with Crippen LogP contribution in [-0.2, 0) is 11.3 Å². The summed E-state index contributed by atoms with van der Waals surface area (Å²) in [4.78, 5) is 12.5. The molecule has 2 rings (SSSR count). The number of nitro benzene ring substituents is 1. The molecule has 7 heteroatoms. The van der Waals surface area contributed by atoms with Crippen LogP contribution >= 0.6 is 0 Å². The van der Waals surface area contributed by atoms with E-state index in [-0.39, 0.29) is 24.5 Å². The highest BCUT2D eigenvalue weighted by atomic mass is 16.6. The minimum Gasteiger partial charge on any atom is -0.398 e. The van der Waals surface area contributed by atoms with Gasteiger partial charge in [-0.2, -0.15) is 0 Å². The molecule has 0 amide bonds. The number of non-ortho nitro benzene ring substituents is 1. The summed E-state index contributed by atoms with van der Waals surface area (Å²) >= 11 is 0. The van der Waals surface area contributed by atoms with Crippen molar-refractivity contribution in [3.05, 3.63) is 33.9 Å². The Kier molecular flexibility index (Phi) is 4.53. The van der Waals surface area contributed by atoms with Crippen LogP contribution in [0.25, 0.3) is 0 Å². The molecule has 2 atom stereocenters. The SMILES string of the molecule is CC1CN(Cc2cc([N+](=O)[O-])ccc2N)CC(CO)O1. The predicted molar refractivity (Wildman–Crippen MR) is 74.2 cm³/mol. The van der Waals surface area contributed by atoms with E-state index in [0.717, 1.165) is 5.56 Å². The van der Waals surface area contributed by atoms with E-state index in [1.165, 1.54) is 12.1 Å². The maximum Gasteiger partial charge on any atom is 0.269 e. The van der Waals surface area contributed by atoms with Crippen molar-refractivity contribution in [3.63, 3.8) is 0 Å². The van der Waals surface area contributed by atoms with Crippen molar-refractivity contribution in [2.75, 3.05) is 25.4 Å². The summed E-state index contributed by atoms with van der Waals surface area (Å²) in [6, 6.07) is 4.46. The molecule has 0 saturated carbocycles. The van der Waals surface area contributed by atoms with Crippen LogP contribution in [0.15, 0.2) is 18.2 Å². The van der Waals surface area contributed by atoms with E-state index in [0.29, 0.717) is 25.3 Å². The Balaban J connectivity index is 2.12. The summed E-state index contributed by atoms with van der Waals surface area (Å²) in [6.45, 7) is 3.70. The number of anilines is 1. The van der Waals surface area contributed by atoms with Gasteiger partial charge in [0, 0.05) is 37.5 Å². The van der Waals surface area contributed by atoms with Crippen molar-refractivity contribution in [2.45, 2.75) is 25.7 Å². The smallest absolute Gasteiger partial charge is 0.269 e. The van der Waals surface area contributed by atoms with Gasteiger partial charge in [-0.3, -0.25) is 15.0 Å². The lowest BCUT2D eigenvalue weighted by Crippen LogP contribution is -2.47. The van der Waals surface area contributed by atoms with Gasteiger partial charge in [-0.05, 0) is 18.6 Å². The zero-order chi connectivity index (χ0) is 14.7. The van der Waals surface area contributed by atoms with Gasteiger partial charge in [0.05, 0.1) is 23.7 Å². The van der Waals surface area contributed by atoms with E-state index in [1.54, 1.807) is 6.07 Å². The second-order valence-corrected chi connectivity index (χ2v) is 5.09. The Labute approximate surface area is 117 Å². The number of hydrogen-bond acceptors (Lipinski definition) is 6. The van der Waals surface area contributed by atoms with Crippen LogP contribution in [0.1, 0.15) is 12.5 Å². The number of aliphatic hydroxyl groups is 1. The van der Waals surface area contributed by atoms with Crippen LogP contribution in [0.5, 0.6) is 0 Å². The van der Waals surface area contributed by atoms with Crippen LogP contribution in [0.3, 0.4) is 0 Å². The molecule has 0 aromatic heterocycles. The third kappa shape index (κ3) is 3.44. The number of ether oxygens (including phenoxy) is 1. The van der Waals surface area contributed by atoms with Crippen molar-refractivity contribution in [1.29, 1.82) is 0 Å². The number of nitrogens with two attached hydrogens (primary N) is 1. The number of nitrogens with zero attached hydrogens (tertiary/aromatic N) is 2. The van der Waals surface area contributed by atoms with Crippen molar-refractivity contribution in [3.8, 4) is 0 Å². The standard InChI is InChI=1S/C13H19N3O4/c1-9-5-15(7-12(8-17)20-9)6-10-4-11(16(18)19)2-3-13(10)14/h2-4,9,12,17H,5-8,14H2,1H3. The molecule has 1 aliphatic rings. The lowest BCUT2D eigenvalue weighted by Gasteiger charge is -2.36. The first-order valence-electron chi connectivity index (χ1n) is 6.51. The van der Waals surface area contributed by atoms with E-state index in [1.807, 2.05) is 6.92 Å². The van der Waals surface area contributed by atoms with Gasteiger partial charge in [0.2, 0.25) is 0 Å². The second-order valence-electron chi connectivity index (χ2n) is 5.09. The number of nitrogen functional groups attached to an aromatic ring is 1. The fourth-order valence-corrected chi connectivity index (χ4v) is 2.45. The third-order valence-electron chi connectivity index (χ3n) is 3.34. The van der Waals surface area contributed by atoms with Crippen molar-refractivity contribution >= 4 is 11.4 Å². The Morgan fingerprint density at radius 2 is 2.30 bits per heavy atom. The number of rotatable bonds is 4. The largest absolute Gasteiger partial charge is 0.398 e. The molecule has 1 aliphatic heterocycles. The van der Waals surface area contributed by atoms with E-state index < -0.39 is 4.92 Å². The molecule has 20 heavy (non-hydrogen) atoms. The molecule has 7 nitrogen and oxygen atoms in total. The Morgan fingerprint density at radius 3 is 2.95 bits per heavy atom. The minimum absolute atomic E-state index is 0.0147. The summed E-state index contributed by atoms with van der Waals surface area (Å²) < 4.78 is 5.56. The van der Waals surface area contributed by atoms with Gasteiger partial charge in [-0.15, -0.1) is 0 Å². The van der Waals surface area contributed by atoms with Crippen LogP contribution in [0.4, 0.5) is 11.4 Å². The molecule has 1 saturated heterocycles. The first-order valence-corrected chi connectivity index (χ1v) is 6.51. The lowest BCUT2D eigenvalue weighted by atomic mass is 10.1. The van der Waals surface area contributed by atoms with E-state index >= 15 is 0 Å². The summed E-state index contributed by atoms with van der Waals surface area (Å²) in [5, 5.41) is 20.0. The molecule has 2 unspecified atom stereocenters. The average Bonchev–Trinajstić information content (AvgIpc) is 2.40. The molecule has 0 spiro atoms. The van der Waals surface area contributed by atoms with Gasteiger partial charge in [0.15, 0.2) is 0 Å². The summed E-state index contributed by atoms with van der Waals surface area (Å²) in [5.41, 5.74) is 7.18. The zero-order valence-corrected chi connectivity index (χ0v) is 11.4. The molecular formula is C13H19N3O4. The average molecular weight is 281 g/mol. The number of nitro groups is 1. The fraction of sp³-hybridized carbons (Fsp3) is 0.538. The fourth-order valence-electron chi connectivity index (χ4n) is 2.45. The van der Waals surface area contributed by atoms with Gasteiger partial charge < -0.3 is 15.6 Å². The highest BCUT2D eigenvalue weighted by Crippen LogP contribution is 2.22. The van der Waals surface area contributed by atoms with E-state index in [2.05, 4.69) is 4.90 Å². The molecule has 1 aromatic rings. The molecule has 1 fully saturated rings. The monoisotopic (exact) mass is 281 g/mol. The Morgan fingerprint density at radius 1 is 1.55 bits per heavy atom. The minimum atomic E-state index is -0.429. The highest BCUT2D eigenvalue weighted by Gasteiger charge is 2.25. The van der Waals surface area contributed by atoms with Crippen LogP contribution < -0.4 is 5.73 Å². The lowest BCUT2D eigenvalue weighted by molar-refractivity contribution is -0.384. The van der Waals surface area contributed by atoms with Crippen molar-refractivity contribution in [2.24, 2.45) is 0 Å². The molecule has 0 bridgehead atoms. The Hall–Kier alpha value is -1.70. The first kappa shape index (κ1) is 14.7. The molecule has 3 N–H and O–H groups in total. The zero-order valence-electron chi connectivity index (χ0n) is 11.4. The highest BCUT2D eigenvalue weighted by molar-refractivity contribution is 5.52. The first-order chi connectivity index (χ1) is 9.49. The van der Waals surface area contributed by atoms with Gasteiger partial charge in [-0.1, -0.05) is 0 Å². The second kappa shape index (κ2) is 6.17. The molecule has 110 valence electrons. The van der Waals surface area contributed by atoms with E-state index in [9.17, 15) is 15.2 Å². The maximum absolute atomic E-state index is 10.8. The number of benzene rings is 1. The van der Waals surface area contributed by atoms with Crippen LogP contribution in [0.2, 0.25) is 0 Å². The molecule has 1 heterocycles. The van der Waals surface area contributed by atoms with E-state index in [4.69, 9.17) is 10.5 Å². The summed E-state index contributed by atoms with van der Waals surface area (Å²) in [6.07, 6.45) is -0.209. The number of morpholine rings is 1. The third-order valence-corrected chi connectivity index (χ3v) is 3.34. The molecule has 1 aromatic carbocycles. The molecule has 0 aliphatic carbocycles. The van der Waals surface area contributed by atoms with Gasteiger partial charge in [0.1, 0.15) is 0 Å². The van der Waals surface area contributed by atoms with Crippen molar-refractivity contribution < 1.29 is 14.8 Å². The van der Waals surface area contributed by atoms with Gasteiger partial charge in [0.25, 0.3) is 5.69 Å².